The van der Waals surface area contributed by atoms with E-state index in [1.807, 2.05) is 49.4 Å². The van der Waals surface area contributed by atoms with Crippen molar-refractivity contribution in [3.63, 3.8) is 0 Å². The Kier molecular flexibility index (Phi) is 4.81. The maximum absolute atomic E-state index is 12.7. The number of benzene rings is 2. The topological polar surface area (TPSA) is 87.8 Å². The van der Waals surface area contributed by atoms with Crippen LogP contribution < -0.4 is 5.32 Å². The van der Waals surface area contributed by atoms with Crippen molar-refractivity contribution in [2.75, 3.05) is 5.32 Å². The number of aromatic nitrogens is 2. The number of Topliss-reactive ketones (excluding diaryl/α,β-unsaturated/α-hetero) is 1. The zero-order chi connectivity index (χ0) is 18.7. The third kappa shape index (κ3) is 3.20. The van der Waals surface area contributed by atoms with E-state index in [1.165, 1.54) is 4.68 Å². The molecule has 3 rings (SSSR count). The number of carbonyl (C=O) groups is 2. The van der Waals surface area contributed by atoms with Crippen LogP contribution in [0.1, 0.15) is 23.0 Å². The maximum Gasteiger partial charge on any atom is 0.249 e. The number of hydrogen-bond acceptors (Lipinski definition) is 4. The molecule has 6 heteroatoms. The number of fused-ring (bicyclic) bond motifs is 1. The Morgan fingerprint density at radius 3 is 2.69 bits per heavy atom. The van der Waals surface area contributed by atoms with Gasteiger partial charge in [-0.05, 0) is 17.9 Å². The Balaban J connectivity index is 1.89. The second kappa shape index (κ2) is 7.19. The van der Waals surface area contributed by atoms with Gasteiger partial charge in [0.05, 0.1) is 17.3 Å². The van der Waals surface area contributed by atoms with E-state index < -0.39 is 17.6 Å². The van der Waals surface area contributed by atoms with E-state index in [-0.39, 0.29) is 0 Å². The number of nitrogens with zero attached hydrogens (tertiary/aromatic N) is 3. The smallest absolute Gasteiger partial charge is 0.249 e. The van der Waals surface area contributed by atoms with Crippen LogP contribution in [0, 0.1) is 17.2 Å². The van der Waals surface area contributed by atoms with Crippen molar-refractivity contribution in [3.8, 4) is 6.07 Å². The molecule has 1 N–H and O–H groups in total. The largest absolute Gasteiger partial charge is 0.324 e. The Morgan fingerprint density at radius 2 is 1.96 bits per heavy atom. The zero-order valence-electron chi connectivity index (χ0n) is 14.6. The number of aryl methyl sites for hydroxylation is 2. The molecule has 3 aromatic rings. The summed E-state index contributed by atoms with van der Waals surface area (Å²) in [6.07, 6.45) is 2.10. The Bertz CT molecular complexity index is 1020. The van der Waals surface area contributed by atoms with Gasteiger partial charge in [-0.25, -0.2) is 0 Å². The van der Waals surface area contributed by atoms with E-state index in [2.05, 4.69) is 10.4 Å². The Labute approximate surface area is 151 Å². The fourth-order valence-corrected chi connectivity index (χ4v) is 2.93. The van der Waals surface area contributed by atoms with Crippen LogP contribution in [0.15, 0.2) is 48.7 Å². The minimum Gasteiger partial charge on any atom is -0.324 e. The lowest BCUT2D eigenvalue weighted by Crippen LogP contribution is -2.29. The first-order valence-electron chi connectivity index (χ1n) is 8.30. The monoisotopic (exact) mass is 346 g/mol. The van der Waals surface area contributed by atoms with Crippen LogP contribution in [-0.2, 0) is 18.3 Å². The number of carbonyl (C=O) groups excluding carboxylic acids is 2. The highest BCUT2D eigenvalue weighted by Crippen LogP contribution is 2.24. The molecule has 0 aliphatic carbocycles. The average Bonchev–Trinajstić information content (AvgIpc) is 3.03. The molecule has 130 valence electrons. The predicted octanol–water partition coefficient (Wildman–Crippen LogP) is 3.10. The molecule has 1 heterocycles. The fraction of sp³-hybridized carbons (Fsp3) is 0.200. The van der Waals surface area contributed by atoms with Crippen molar-refractivity contribution in [2.45, 2.75) is 13.3 Å². The number of hydrogen-bond donors (Lipinski definition) is 1. The van der Waals surface area contributed by atoms with Crippen LogP contribution >= 0.6 is 0 Å². The van der Waals surface area contributed by atoms with Crippen LogP contribution in [0.4, 0.5) is 5.69 Å². The van der Waals surface area contributed by atoms with Gasteiger partial charge in [-0.1, -0.05) is 43.3 Å². The van der Waals surface area contributed by atoms with Gasteiger partial charge in [-0.3, -0.25) is 14.3 Å². The number of amides is 1. The number of rotatable bonds is 5. The second-order valence-electron chi connectivity index (χ2n) is 5.96. The predicted molar refractivity (Wildman–Crippen MR) is 98.6 cm³/mol. The number of anilines is 1. The maximum atomic E-state index is 12.7. The van der Waals surface area contributed by atoms with E-state index in [4.69, 9.17) is 0 Å². The molecule has 0 radical (unpaired) electrons. The molecule has 0 spiro atoms. The summed E-state index contributed by atoms with van der Waals surface area (Å²) in [5.74, 6) is -2.60. The van der Waals surface area contributed by atoms with Gasteiger partial charge in [0, 0.05) is 24.3 Å². The van der Waals surface area contributed by atoms with Crippen LogP contribution in [0.25, 0.3) is 10.8 Å². The van der Waals surface area contributed by atoms with Crippen LogP contribution in [-0.4, -0.2) is 21.5 Å². The summed E-state index contributed by atoms with van der Waals surface area (Å²) in [5.41, 5.74) is 1.47. The van der Waals surface area contributed by atoms with Crippen molar-refractivity contribution < 1.29 is 9.59 Å². The first-order chi connectivity index (χ1) is 12.5. The second-order valence-corrected chi connectivity index (χ2v) is 5.96. The van der Waals surface area contributed by atoms with E-state index in [0.717, 1.165) is 10.8 Å². The molecule has 0 fully saturated rings. The quantitative estimate of drug-likeness (QED) is 0.568. The standard InChI is InChI=1S/C20H18N4O2/c1-3-17-16(12-24(2)23-17)19(25)15(11-21)20(26)22-18-10-6-8-13-7-4-5-9-14(13)18/h4-10,12,15H,3H2,1-2H3,(H,22,26). The lowest BCUT2D eigenvalue weighted by atomic mass is 9.97. The molecule has 0 aliphatic heterocycles. The molecule has 26 heavy (non-hydrogen) atoms. The molecular weight excluding hydrogens is 328 g/mol. The summed E-state index contributed by atoms with van der Waals surface area (Å²) in [6.45, 7) is 1.87. The molecule has 1 unspecified atom stereocenters. The molecule has 1 amide bonds. The zero-order valence-corrected chi connectivity index (χ0v) is 14.6. The molecule has 1 aromatic heterocycles. The SMILES string of the molecule is CCc1nn(C)cc1C(=O)C(C#N)C(=O)Nc1cccc2ccccc12. The van der Waals surface area contributed by atoms with E-state index in [9.17, 15) is 14.9 Å². The van der Waals surface area contributed by atoms with Gasteiger partial charge in [0.1, 0.15) is 0 Å². The first-order valence-corrected chi connectivity index (χ1v) is 8.30. The summed E-state index contributed by atoms with van der Waals surface area (Å²) in [7, 11) is 1.70. The van der Waals surface area contributed by atoms with E-state index in [1.54, 1.807) is 19.3 Å². The average molecular weight is 346 g/mol. The molecule has 0 bridgehead atoms. The van der Waals surface area contributed by atoms with Gasteiger partial charge in [0.2, 0.25) is 5.91 Å². The van der Waals surface area contributed by atoms with Crippen LogP contribution in [0.5, 0.6) is 0 Å². The molecule has 1 atom stereocenters. The number of ketones is 1. The summed E-state index contributed by atoms with van der Waals surface area (Å²) in [4.78, 5) is 25.4. The van der Waals surface area contributed by atoms with E-state index >= 15 is 0 Å². The van der Waals surface area contributed by atoms with Crippen LogP contribution in [0.3, 0.4) is 0 Å². The van der Waals surface area contributed by atoms with Crippen molar-refractivity contribution >= 4 is 28.2 Å². The van der Waals surface area contributed by atoms with Gasteiger partial charge in [0.25, 0.3) is 0 Å². The normalized spacial score (nSPS) is 11.7. The van der Waals surface area contributed by atoms with Crippen molar-refractivity contribution in [3.05, 3.63) is 59.9 Å². The van der Waals surface area contributed by atoms with Crippen molar-refractivity contribution in [1.82, 2.24) is 9.78 Å². The number of nitriles is 1. The summed E-state index contributed by atoms with van der Waals surface area (Å²) < 4.78 is 1.52. The summed E-state index contributed by atoms with van der Waals surface area (Å²) >= 11 is 0. The molecule has 0 saturated carbocycles. The third-order valence-corrected chi connectivity index (χ3v) is 4.21. The first kappa shape index (κ1) is 17.4. The fourth-order valence-electron chi connectivity index (χ4n) is 2.93. The highest BCUT2D eigenvalue weighted by molar-refractivity contribution is 6.17. The van der Waals surface area contributed by atoms with Gasteiger partial charge in [0.15, 0.2) is 11.7 Å². The molecule has 0 saturated heterocycles. The van der Waals surface area contributed by atoms with Gasteiger partial charge in [-0.2, -0.15) is 10.4 Å². The lowest BCUT2D eigenvalue weighted by molar-refractivity contribution is -0.117. The summed E-state index contributed by atoms with van der Waals surface area (Å²) in [6, 6.07) is 14.9. The van der Waals surface area contributed by atoms with Crippen molar-refractivity contribution in [2.24, 2.45) is 13.0 Å². The third-order valence-electron chi connectivity index (χ3n) is 4.21. The minimum atomic E-state index is -1.43. The van der Waals surface area contributed by atoms with Crippen molar-refractivity contribution in [1.29, 1.82) is 5.26 Å². The van der Waals surface area contributed by atoms with Gasteiger partial charge < -0.3 is 5.32 Å². The molecular formula is C20H18N4O2. The number of nitrogens with one attached hydrogen (secondary N) is 1. The molecule has 6 nitrogen and oxygen atoms in total. The summed E-state index contributed by atoms with van der Waals surface area (Å²) in [5, 5.41) is 18.2. The Morgan fingerprint density at radius 1 is 1.23 bits per heavy atom. The molecule has 2 aromatic carbocycles. The van der Waals surface area contributed by atoms with Gasteiger partial charge >= 0.3 is 0 Å². The van der Waals surface area contributed by atoms with Gasteiger partial charge in [-0.15, -0.1) is 0 Å². The highest BCUT2D eigenvalue weighted by Gasteiger charge is 2.30. The van der Waals surface area contributed by atoms with Crippen LogP contribution in [0.2, 0.25) is 0 Å². The van der Waals surface area contributed by atoms with E-state index in [0.29, 0.717) is 23.4 Å². The molecule has 0 aliphatic rings. The minimum absolute atomic E-state index is 0.314. The lowest BCUT2D eigenvalue weighted by Gasteiger charge is -2.11. The highest BCUT2D eigenvalue weighted by atomic mass is 16.2. The Hall–Kier alpha value is -3.46.